The van der Waals surface area contributed by atoms with Crippen molar-refractivity contribution in [3.8, 4) is 0 Å². The lowest BCUT2D eigenvalue weighted by atomic mass is 10.0. The quantitative estimate of drug-likeness (QED) is 0.938. The Morgan fingerprint density at radius 2 is 2.13 bits per heavy atom. The number of hydrogen-bond donors (Lipinski definition) is 1. The maximum absolute atomic E-state index is 12.7. The zero-order chi connectivity index (χ0) is 16.2. The molecule has 0 bridgehead atoms. The predicted octanol–water partition coefficient (Wildman–Crippen LogP) is 2.95. The lowest BCUT2D eigenvalue weighted by Gasteiger charge is -2.24. The van der Waals surface area contributed by atoms with E-state index in [1.54, 1.807) is 5.38 Å². The van der Waals surface area contributed by atoms with Crippen LogP contribution in [-0.2, 0) is 11.2 Å². The second kappa shape index (κ2) is 6.91. The minimum absolute atomic E-state index is 0.0451. The number of aromatic nitrogens is 1. The molecule has 0 aliphatic carbocycles. The third-order valence-corrected chi connectivity index (χ3v) is 4.72. The maximum atomic E-state index is 12.7. The van der Waals surface area contributed by atoms with E-state index in [-0.39, 0.29) is 17.9 Å². The molecule has 0 spiro atoms. The van der Waals surface area contributed by atoms with Gasteiger partial charge in [0.2, 0.25) is 5.91 Å². The molecule has 3 rings (SSSR count). The molecule has 1 aliphatic rings. The van der Waals surface area contributed by atoms with Crippen molar-refractivity contribution in [2.45, 2.75) is 32.2 Å². The van der Waals surface area contributed by atoms with Crippen molar-refractivity contribution < 1.29 is 9.59 Å². The van der Waals surface area contributed by atoms with Crippen LogP contribution >= 0.6 is 11.3 Å². The molecule has 1 N–H and O–H groups in total. The summed E-state index contributed by atoms with van der Waals surface area (Å²) in [6.07, 6.45) is 2.91. The van der Waals surface area contributed by atoms with Crippen molar-refractivity contribution in [2.75, 3.05) is 11.9 Å². The van der Waals surface area contributed by atoms with Gasteiger partial charge in [0.25, 0.3) is 5.91 Å². The Morgan fingerprint density at radius 3 is 2.87 bits per heavy atom. The standard InChI is InChI=1S/C17H19N3O2S/c1-12(21)18-17-19-15(11-23-17)16(22)20-9-5-8-14(20)10-13-6-3-2-4-7-13/h2-4,6-7,11,14H,5,8-10H2,1H3,(H,18,19,21)/t14-/m0/s1. The number of likely N-dealkylation sites (tertiary alicyclic amines) is 1. The van der Waals surface area contributed by atoms with E-state index < -0.39 is 0 Å². The molecule has 1 aromatic carbocycles. The van der Waals surface area contributed by atoms with Crippen molar-refractivity contribution in [3.05, 3.63) is 47.0 Å². The Bertz CT molecular complexity index is 699. The smallest absolute Gasteiger partial charge is 0.273 e. The van der Waals surface area contributed by atoms with Gasteiger partial charge in [-0.2, -0.15) is 0 Å². The summed E-state index contributed by atoms with van der Waals surface area (Å²) in [5.74, 6) is -0.224. The van der Waals surface area contributed by atoms with Crippen molar-refractivity contribution in [3.63, 3.8) is 0 Å². The number of rotatable bonds is 4. The summed E-state index contributed by atoms with van der Waals surface area (Å²) in [5.41, 5.74) is 1.66. The van der Waals surface area contributed by atoms with E-state index in [2.05, 4.69) is 22.4 Å². The summed E-state index contributed by atoms with van der Waals surface area (Å²) in [6, 6.07) is 10.5. The van der Waals surface area contributed by atoms with E-state index in [0.717, 1.165) is 25.8 Å². The van der Waals surface area contributed by atoms with Gasteiger partial charge >= 0.3 is 0 Å². The highest BCUT2D eigenvalue weighted by molar-refractivity contribution is 7.14. The average Bonchev–Trinajstić information content (AvgIpc) is 3.16. The average molecular weight is 329 g/mol. The summed E-state index contributed by atoms with van der Waals surface area (Å²) in [7, 11) is 0. The first-order valence-corrected chi connectivity index (χ1v) is 8.59. The number of carbonyl (C=O) groups excluding carboxylic acids is 2. The van der Waals surface area contributed by atoms with Crippen LogP contribution in [0, 0.1) is 0 Å². The van der Waals surface area contributed by atoms with Gasteiger partial charge in [0.05, 0.1) is 0 Å². The number of carbonyl (C=O) groups is 2. The van der Waals surface area contributed by atoms with E-state index in [4.69, 9.17) is 0 Å². The molecule has 1 saturated heterocycles. The van der Waals surface area contributed by atoms with Gasteiger partial charge in [-0.15, -0.1) is 11.3 Å². The van der Waals surface area contributed by atoms with Crippen molar-refractivity contribution in [1.29, 1.82) is 0 Å². The number of anilines is 1. The Labute approximate surface area is 139 Å². The number of thiazole rings is 1. The number of benzene rings is 1. The summed E-state index contributed by atoms with van der Waals surface area (Å²) < 4.78 is 0. The highest BCUT2D eigenvalue weighted by atomic mass is 32.1. The van der Waals surface area contributed by atoms with Gasteiger partial charge in [-0.1, -0.05) is 30.3 Å². The molecule has 1 aliphatic heterocycles. The zero-order valence-corrected chi connectivity index (χ0v) is 13.8. The summed E-state index contributed by atoms with van der Waals surface area (Å²) in [4.78, 5) is 29.9. The van der Waals surface area contributed by atoms with Crippen LogP contribution in [0.15, 0.2) is 35.7 Å². The second-order valence-corrected chi connectivity index (χ2v) is 6.56. The van der Waals surface area contributed by atoms with Crippen LogP contribution in [-0.4, -0.2) is 34.3 Å². The SMILES string of the molecule is CC(=O)Nc1nc(C(=O)N2CCC[C@H]2Cc2ccccc2)cs1. The normalized spacial score (nSPS) is 17.3. The van der Waals surface area contributed by atoms with Crippen molar-refractivity contribution in [1.82, 2.24) is 9.88 Å². The highest BCUT2D eigenvalue weighted by Crippen LogP contribution is 2.25. The van der Waals surface area contributed by atoms with Crippen LogP contribution in [0.4, 0.5) is 5.13 Å². The Kier molecular flexibility index (Phi) is 4.71. The molecule has 0 radical (unpaired) electrons. The maximum Gasteiger partial charge on any atom is 0.273 e. The Hall–Kier alpha value is -2.21. The molecule has 2 heterocycles. The lowest BCUT2D eigenvalue weighted by molar-refractivity contribution is -0.114. The monoisotopic (exact) mass is 329 g/mol. The van der Waals surface area contributed by atoms with Crippen LogP contribution in [0.25, 0.3) is 0 Å². The minimum Gasteiger partial charge on any atom is -0.334 e. The zero-order valence-electron chi connectivity index (χ0n) is 13.0. The van der Waals surface area contributed by atoms with Crippen LogP contribution in [0.1, 0.15) is 35.8 Å². The topological polar surface area (TPSA) is 62.3 Å². The van der Waals surface area contributed by atoms with E-state index in [9.17, 15) is 9.59 Å². The lowest BCUT2D eigenvalue weighted by Crippen LogP contribution is -2.37. The van der Waals surface area contributed by atoms with Gasteiger partial charge < -0.3 is 10.2 Å². The first-order chi connectivity index (χ1) is 11.1. The molecule has 23 heavy (non-hydrogen) atoms. The van der Waals surface area contributed by atoms with Crippen molar-refractivity contribution >= 4 is 28.3 Å². The molecule has 0 saturated carbocycles. The molecule has 0 unspecified atom stereocenters. The van der Waals surface area contributed by atoms with E-state index in [1.807, 2.05) is 23.1 Å². The fourth-order valence-electron chi connectivity index (χ4n) is 2.93. The van der Waals surface area contributed by atoms with E-state index in [1.165, 1.54) is 23.8 Å². The molecular formula is C17H19N3O2S. The van der Waals surface area contributed by atoms with E-state index in [0.29, 0.717) is 10.8 Å². The molecule has 1 fully saturated rings. The van der Waals surface area contributed by atoms with Gasteiger partial charge in [-0.05, 0) is 24.8 Å². The number of nitrogens with one attached hydrogen (secondary N) is 1. The first-order valence-electron chi connectivity index (χ1n) is 7.71. The highest BCUT2D eigenvalue weighted by Gasteiger charge is 2.30. The van der Waals surface area contributed by atoms with Crippen LogP contribution < -0.4 is 5.32 Å². The van der Waals surface area contributed by atoms with Gasteiger partial charge in [-0.25, -0.2) is 4.98 Å². The fourth-order valence-corrected chi connectivity index (χ4v) is 3.66. The predicted molar refractivity (Wildman–Crippen MR) is 90.6 cm³/mol. The molecule has 1 atom stereocenters. The molecule has 6 heteroatoms. The number of amides is 2. The number of nitrogens with zero attached hydrogens (tertiary/aromatic N) is 2. The van der Waals surface area contributed by atoms with Crippen LogP contribution in [0.3, 0.4) is 0 Å². The molecular weight excluding hydrogens is 310 g/mol. The van der Waals surface area contributed by atoms with Gasteiger partial charge in [-0.3, -0.25) is 9.59 Å². The van der Waals surface area contributed by atoms with Gasteiger partial charge in [0.1, 0.15) is 5.69 Å². The van der Waals surface area contributed by atoms with Crippen molar-refractivity contribution in [2.24, 2.45) is 0 Å². The van der Waals surface area contributed by atoms with Crippen LogP contribution in [0.5, 0.6) is 0 Å². The Morgan fingerprint density at radius 1 is 1.35 bits per heavy atom. The molecule has 2 amide bonds. The minimum atomic E-state index is -0.179. The second-order valence-electron chi connectivity index (χ2n) is 5.70. The molecule has 120 valence electrons. The molecule has 1 aromatic heterocycles. The van der Waals surface area contributed by atoms with Crippen LogP contribution in [0.2, 0.25) is 0 Å². The van der Waals surface area contributed by atoms with Gasteiger partial charge in [0, 0.05) is 24.9 Å². The summed E-state index contributed by atoms with van der Waals surface area (Å²) in [5, 5.41) is 4.81. The first kappa shape index (κ1) is 15.7. The number of hydrogen-bond acceptors (Lipinski definition) is 4. The fraction of sp³-hybridized carbons (Fsp3) is 0.353. The van der Waals surface area contributed by atoms with Gasteiger partial charge in [0.15, 0.2) is 5.13 Å². The third-order valence-electron chi connectivity index (χ3n) is 3.96. The molecule has 5 nitrogen and oxygen atoms in total. The summed E-state index contributed by atoms with van der Waals surface area (Å²) in [6.45, 7) is 2.20. The molecule has 2 aromatic rings. The largest absolute Gasteiger partial charge is 0.334 e. The third kappa shape index (κ3) is 3.76. The Balaban J connectivity index is 1.70. The summed E-state index contributed by atoms with van der Waals surface area (Å²) >= 11 is 1.28. The van der Waals surface area contributed by atoms with E-state index >= 15 is 0 Å².